The molecule has 1 fully saturated rings. The second-order valence-electron chi connectivity index (χ2n) is 5.05. The van der Waals surface area contributed by atoms with Crippen LogP contribution in [0.15, 0.2) is 24.3 Å². The summed E-state index contributed by atoms with van der Waals surface area (Å²) in [5.74, 6) is 0. The Hall–Kier alpha value is -0.570. The third-order valence-corrected chi connectivity index (χ3v) is 3.91. The predicted octanol–water partition coefficient (Wildman–Crippen LogP) is 3.15. The van der Waals surface area contributed by atoms with Crippen LogP contribution in [0.4, 0.5) is 0 Å². The summed E-state index contributed by atoms with van der Waals surface area (Å²) in [6, 6.07) is 8.33. The standard InChI is InChI=1S/C14H20ClNO/c1-2-13(11-4-3-5-12(15)8-11)16-9-14(10-17)6-7-14/h3-5,8,13,16-17H,2,6-7,9-10H2,1H3. The first-order valence-corrected chi connectivity index (χ1v) is 6.67. The number of aliphatic hydroxyl groups is 1. The number of aliphatic hydroxyl groups excluding tert-OH is 1. The fourth-order valence-corrected chi connectivity index (χ4v) is 2.33. The Kier molecular flexibility index (Phi) is 4.08. The van der Waals surface area contributed by atoms with E-state index < -0.39 is 0 Å². The second-order valence-corrected chi connectivity index (χ2v) is 5.49. The molecule has 1 aliphatic rings. The minimum atomic E-state index is 0.159. The van der Waals surface area contributed by atoms with Crippen molar-refractivity contribution in [2.24, 2.45) is 5.41 Å². The number of hydrogen-bond acceptors (Lipinski definition) is 2. The monoisotopic (exact) mass is 253 g/mol. The molecule has 94 valence electrons. The molecule has 1 aliphatic carbocycles. The minimum Gasteiger partial charge on any atom is -0.396 e. The van der Waals surface area contributed by atoms with Crippen molar-refractivity contribution in [3.05, 3.63) is 34.9 Å². The molecular formula is C14H20ClNO. The lowest BCUT2D eigenvalue weighted by Gasteiger charge is -2.21. The van der Waals surface area contributed by atoms with Gasteiger partial charge in [-0.15, -0.1) is 0 Å². The first-order valence-electron chi connectivity index (χ1n) is 6.29. The van der Waals surface area contributed by atoms with Crippen LogP contribution in [0.5, 0.6) is 0 Å². The summed E-state index contributed by atoms with van der Waals surface area (Å²) < 4.78 is 0. The smallest absolute Gasteiger partial charge is 0.0499 e. The average molecular weight is 254 g/mol. The molecule has 1 atom stereocenters. The molecule has 2 nitrogen and oxygen atoms in total. The summed E-state index contributed by atoms with van der Waals surface area (Å²) in [5, 5.41) is 13.6. The Balaban J connectivity index is 1.97. The zero-order valence-electron chi connectivity index (χ0n) is 10.2. The van der Waals surface area contributed by atoms with Gasteiger partial charge in [-0.1, -0.05) is 30.7 Å². The highest BCUT2D eigenvalue weighted by Gasteiger charge is 2.41. The van der Waals surface area contributed by atoms with Crippen LogP contribution < -0.4 is 5.32 Å². The molecule has 0 amide bonds. The Morgan fingerprint density at radius 2 is 2.24 bits per heavy atom. The first kappa shape index (κ1) is 12.9. The van der Waals surface area contributed by atoms with Gasteiger partial charge in [0.2, 0.25) is 0 Å². The van der Waals surface area contributed by atoms with Gasteiger partial charge >= 0.3 is 0 Å². The van der Waals surface area contributed by atoms with Crippen LogP contribution >= 0.6 is 11.6 Å². The Bertz CT molecular complexity index is 376. The van der Waals surface area contributed by atoms with Crippen LogP contribution in [-0.4, -0.2) is 18.3 Å². The molecule has 1 aromatic rings. The molecule has 2 rings (SSSR count). The fourth-order valence-electron chi connectivity index (χ4n) is 2.13. The summed E-state index contributed by atoms with van der Waals surface area (Å²) in [5.41, 5.74) is 1.39. The molecular weight excluding hydrogens is 234 g/mol. The van der Waals surface area contributed by atoms with Gasteiger partial charge in [-0.25, -0.2) is 0 Å². The maximum absolute atomic E-state index is 9.30. The van der Waals surface area contributed by atoms with E-state index in [0.29, 0.717) is 12.6 Å². The van der Waals surface area contributed by atoms with Crippen molar-refractivity contribution in [3.63, 3.8) is 0 Å². The lowest BCUT2D eigenvalue weighted by molar-refractivity contribution is 0.203. The van der Waals surface area contributed by atoms with E-state index in [2.05, 4.69) is 18.3 Å². The maximum Gasteiger partial charge on any atom is 0.0499 e. The number of hydrogen-bond donors (Lipinski definition) is 2. The predicted molar refractivity (Wildman–Crippen MR) is 71.2 cm³/mol. The van der Waals surface area contributed by atoms with Gasteiger partial charge in [0.1, 0.15) is 0 Å². The summed E-state index contributed by atoms with van der Waals surface area (Å²) in [6.45, 7) is 3.36. The van der Waals surface area contributed by atoms with E-state index >= 15 is 0 Å². The molecule has 17 heavy (non-hydrogen) atoms. The van der Waals surface area contributed by atoms with E-state index in [4.69, 9.17) is 11.6 Å². The van der Waals surface area contributed by atoms with Crippen LogP contribution in [0.2, 0.25) is 5.02 Å². The average Bonchev–Trinajstić information content (AvgIpc) is 3.11. The van der Waals surface area contributed by atoms with Crippen LogP contribution in [0.25, 0.3) is 0 Å². The fraction of sp³-hybridized carbons (Fsp3) is 0.571. The van der Waals surface area contributed by atoms with Crippen molar-refractivity contribution in [1.82, 2.24) is 5.32 Å². The Morgan fingerprint density at radius 3 is 2.76 bits per heavy atom. The zero-order valence-corrected chi connectivity index (χ0v) is 11.0. The van der Waals surface area contributed by atoms with E-state index in [1.54, 1.807) is 0 Å². The number of halogens is 1. The highest BCUT2D eigenvalue weighted by Crippen LogP contribution is 2.44. The summed E-state index contributed by atoms with van der Waals surface area (Å²) in [4.78, 5) is 0. The molecule has 0 saturated heterocycles. The third-order valence-electron chi connectivity index (χ3n) is 3.68. The van der Waals surface area contributed by atoms with Crippen molar-refractivity contribution >= 4 is 11.6 Å². The van der Waals surface area contributed by atoms with Crippen molar-refractivity contribution in [1.29, 1.82) is 0 Å². The van der Waals surface area contributed by atoms with E-state index in [-0.39, 0.29) is 5.41 Å². The molecule has 0 aliphatic heterocycles. The molecule has 0 aromatic heterocycles. The van der Waals surface area contributed by atoms with Crippen molar-refractivity contribution in [2.75, 3.05) is 13.2 Å². The number of rotatable bonds is 6. The topological polar surface area (TPSA) is 32.3 Å². The Labute approximate surface area is 108 Å². The SMILES string of the molecule is CCC(NCC1(CO)CC1)c1cccc(Cl)c1. The molecule has 0 bridgehead atoms. The number of nitrogens with one attached hydrogen (secondary N) is 1. The molecule has 0 spiro atoms. The highest BCUT2D eigenvalue weighted by molar-refractivity contribution is 6.30. The lowest BCUT2D eigenvalue weighted by atomic mass is 10.0. The molecule has 1 saturated carbocycles. The zero-order chi connectivity index (χ0) is 12.3. The van der Waals surface area contributed by atoms with Gasteiger partial charge in [-0.3, -0.25) is 0 Å². The minimum absolute atomic E-state index is 0.159. The molecule has 0 heterocycles. The van der Waals surface area contributed by atoms with Crippen LogP contribution in [-0.2, 0) is 0 Å². The van der Waals surface area contributed by atoms with Crippen LogP contribution in [0.1, 0.15) is 37.8 Å². The van der Waals surface area contributed by atoms with Crippen molar-refractivity contribution in [2.45, 2.75) is 32.2 Å². The normalized spacial score (nSPS) is 19.0. The van der Waals surface area contributed by atoms with E-state index in [0.717, 1.165) is 30.8 Å². The quantitative estimate of drug-likeness (QED) is 0.816. The molecule has 1 aromatic carbocycles. The van der Waals surface area contributed by atoms with Gasteiger partial charge in [0.05, 0.1) is 0 Å². The maximum atomic E-state index is 9.30. The van der Waals surface area contributed by atoms with E-state index in [1.807, 2.05) is 18.2 Å². The van der Waals surface area contributed by atoms with Gasteiger partial charge in [0.25, 0.3) is 0 Å². The van der Waals surface area contributed by atoms with Gasteiger partial charge < -0.3 is 10.4 Å². The third kappa shape index (κ3) is 3.21. The van der Waals surface area contributed by atoms with Gasteiger partial charge in [-0.05, 0) is 37.0 Å². The van der Waals surface area contributed by atoms with Crippen LogP contribution in [0.3, 0.4) is 0 Å². The largest absolute Gasteiger partial charge is 0.396 e. The first-order chi connectivity index (χ1) is 8.19. The van der Waals surface area contributed by atoms with Gasteiger partial charge in [0.15, 0.2) is 0 Å². The Morgan fingerprint density at radius 1 is 1.47 bits per heavy atom. The van der Waals surface area contributed by atoms with Gasteiger partial charge in [-0.2, -0.15) is 0 Å². The molecule has 0 radical (unpaired) electrons. The summed E-state index contributed by atoms with van der Waals surface area (Å²) in [7, 11) is 0. The summed E-state index contributed by atoms with van der Waals surface area (Å²) >= 11 is 6.01. The van der Waals surface area contributed by atoms with Crippen LogP contribution in [0, 0.1) is 5.41 Å². The highest BCUT2D eigenvalue weighted by atomic mass is 35.5. The molecule has 1 unspecified atom stereocenters. The lowest BCUT2D eigenvalue weighted by Crippen LogP contribution is -2.29. The molecule has 2 N–H and O–H groups in total. The summed E-state index contributed by atoms with van der Waals surface area (Å²) in [6.07, 6.45) is 3.31. The van der Waals surface area contributed by atoms with Crippen molar-refractivity contribution in [3.8, 4) is 0 Å². The molecule has 3 heteroatoms. The van der Waals surface area contributed by atoms with Gasteiger partial charge in [0, 0.05) is 29.6 Å². The van der Waals surface area contributed by atoms with E-state index in [1.165, 1.54) is 5.56 Å². The second kappa shape index (κ2) is 5.38. The number of benzene rings is 1. The van der Waals surface area contributed by atoms with Crippen molar-refractivity contribution < 1.29 is 5.11 Å². The van der Waals surface area contributed by atoms with E-state index in [9.17, 15) is 5.11 Å².